The maximum absolute atomic E-state index is 13.3. The maximum atomic E-state index is 13.3. The molecule has 3 aromatic rings. The third kappa shape index (κ3) is 6.48. The van der Waals surface area contributed by atoms with Crippen molar-refractivity contribution in [3.8, 4) is 11.5 Å². The van der Waals surface area contributed by atoms with Gasteiger partial charge in [-0.2, -0.15) is 0 Å². The fraction of sp³-hybridized carbons (Fsp3) is 0.333. The number of hydrogen-bond acceptors (Lipinski definition) is 4. The minimum atomic E-state index is -0.654. The molecule has 6 nitrogen and oxygen atoms in total. The van der Waals surface area contributed by atoms with E-state index >= 15 is 0 Å². The summed E-state index contributed by atoms with van der Waals surface area (Å²) in [6.07, 6.45) is 0. The number of rotatable bonds is 10. The lowest BCUT2D eigenvalue weighted by Crippen LogP contribution is -2.49. The second kappa shape index (κ2) is 11.4. The largest absolute Gasteiger partial charge is 0.497 e. The summed E-state index contributed by atoms with van der Waals surface area (Å²) < 4.78 is 11.2. The van der Waals surface area contributed by atoms with Gasteiger partial charge in [0, 0.05) is 18.5 Å². The first-order chi connectivity index (χ1) is 15.9. The Hall–Kier alpha value is -3.54. The molecule has 6 heteroatoms. The van der Waals surface area contributed by atoms with E-state index in [1.807, 2.05) is 80.6 Å². The molecule has 0 bridgehead atoms. The molecular formula is C27H32N2O4. The second-order valence-corrected chi connectivity index (χ2v) is 8.45. The molecule has 33 heavy (non-hydrogen) atoms. The smallest absolute Gasteiger partial charge is 0.261 e. The highest BCUT2D eigenvalue weighted by Gasteiger charge is 2.26. The number of nitrogens with zero attached hydrogens (tertiary/aromatic N) is 1. The summed E-state index contributed by atoms with van der Waals surface area (Å²) in [6.45, 7) is 6.46. The lowest BCUT2D eigenvalue weighted by atomic mass is 10.1. The molecule has 0 aliphatic heterocycles. The highest BCUT2D eigenvalue weighted by molar-refractivity contribution is 5.90. The number of amides is 2. The Kier molecular flexibility index (Phi) is 8.30. The van der Waals surface area contributed by atoms with E-state index in [1.165, 1.54) is 0 Å². The third-order valence-corrected chi connectivity index (χ3v) is 5.44. The van der Waals surface area contributed by atoms with Crippen molar-refractivity contribution in [1.29, 1.82) is 0 Å². The van der Waals surface area contributed by atoms with Crippen LogP contribution in [-0.2, 0) is 16.1 Å². The average molecular weight is 449 g/mol. The number of hydrogen-bond donors (Lipinski definition) is 1. The van der Waals surface area contributed by atoms with Crippen LogP contribution in [0.4, 0.5) is 0 Å². The fourth-order valence-corrected chi connectivity index (χ4v) is 3.55. The first kappa shape index (κ1) is 24.1. The summed E-state index contributed by atoms with van der Waals surface area (Å²) in [4.78, 5) is 27.6. The molecule has 0 aliphatic carbocycles. The molecule has 3 aromatic carbocycles. The van der Waals surface area contributed by atoms with Gasteiger partial charge in [-0.25, -0.2) is 0 Å². The van der Waals surface area contributed by atoms with Gasteiger partial charge >= 0.3 is 0 Å². The number of benzene rings is 3. The number of carbonyl (C=O) groups is 2. The van der Waals surface area contributed by atoms with E-state index in [4.69, 9.17) is 9.47 Å². The van der Waals surface area contributed by atoms with Crippen molar-refractivity contribution < 1.29 is 19.1 Å². The van der Waals surface area contributed by atoms with Crippen LogP contribution >= 0.6 is 0 Å². The van der Waals surface area contributed by atoms with Gasteiger partial charge in [-0.1, -0.05) is 62.4 Å². The van der Waals surface area contributed by atoms with Crippen molar-refractivity contribution in [2.75, 3.05) is 20.3 Å². The highest BCUT2D eigenvalue weighted by atomic mass is 16.5. The van der Waals surface area contributed by atoms with Crippen LogP contribution in [0.5, 0.6) is 11.5 Å². The Balaban J connectivity index is 1.79. The van der Waals surface area contributed by atoms with Crippen LogP contribution < -0.4 is 14.8 Å². The molecule has 0 heterocycles. The van der Waals surface area contributed by atoms with Gasteiger partial charge in [-0.15, -0.1) is 0 Å². The minimum absolute atomic E-state index is 0.167. The van der Waals surface area contributed by atoms with Gasteiger partial charge < -0.3 is 19.7 Å². The SMILES string of the molecule is COc1cccc(CN(C(=O)COc2cccc3ccccc23)[C@H](C)C(=O)NCC(C)C)c1. The van der Waals surface area contributed by atoms with Gasteiger partial charge in [-0.3, -0.25) is 9.59 Å². The third-order valence-electron chi connectivity index (χ3n) is 5.44. The standard InChI is InChI=1S/C27H32N2O4/c1-19(2)16-28-27(31)20(3)29(17-21-9-7-12-23(15-21)32-4)26(30)18-33-25-14-8-11-22-10-5-6-13-24(22)25/h5-15,19-20H,16-18H2,1-4H3,(H,28,31)/t20-/m1/s1. The van der Waals surface area contributed by atoms with E-state index in [0.717, 1.165) is 16.3 Å². The molecule has 0 aromatic heterocycles. The summed E-state index contributed by atoms with van der Waals surface area (Å²) in [7, 11) is 1.60. The van der Waals surface area contributed by atoms with Crippen molar-refractivity contribution in [3.63, 3.8) is 0 Å². The number of methoxy groups -OCH3 is 1. The molecule has 3 rings (SSSR count). The van der Waals surface area contributed by atoms with Crippen molar-refractivity contribution >= 4 is 22.6 Å². The van der Waals surface area contributed by atoms with Gasteiger partial charge in [0.2, 0.25) is 5.91 Å². The monoisotopic (exact) mass is 448 g/mol. The molecule has 1 atom stereocenters. The zero-order valence-electron chi connectivity index (χ0n) is 19.7. The minimum Gasteiger partial charge on any atom is -0.497 e. The summed E-state index contributed by atoms with van der Waals surface area (Å²) in [6, 6.07) is 20.4. The Morgan fingerprint density at radius 1 is 0.970 bits per heavy atom. The Bertz CT molecular complexity index is 1090. The normalized spacial score (nSPS) is 11.8. The number of fused-ring (bicyclic) bond motifs is 1. The lowest BCUT2D eigenvalue weighted by molar-refractivity contribution is -0.142. The van der Waals surface area contributed by atoms with E-state index in [2.05, 4.69) is 5.32 Å². The molecule has 2 amide bonds. The van der Waals surface area contributed by atoms with Crippen molar-refractivity contribution in [2.45, 2.75) is 33.4 Å². The quantitative estimate of drug-likeness (QED) is 0.499. The van der Waals surface area contributed by atoms with Crippen LogP contribution in [0.25, 0.3) is 10.8 Å². The highest BCUT2D eigenvalue weighted by Crippen LogP contribution is 2.25. The molecule has 0 spiro atoms. The molecule has 174 valence electrons. The summed E-state index contributed by atoms with van der Waals surface area (Å²) in [5.41, 5.74) is 0.872. The maximum Gasteiger partial charge on any atom is 0.261 e. The molecule has 0 saturated carbocycles. The van der Waals surface area contributed by atoms with Gasteiger partial charge in [0.25, 0.3) is 5.91 Å². The topological polar surface area (TPSA) is 67.9 Å². The average Bonchev–Trinajstić information content (AvgIpc) is 2.83. The van der Waals surface area contributed by atoms with Gasteiger partial charge in [-0.05, 0) is 42.0 Å². The first-order valence-corrected chi connectivity index (χ1v) is 11.2. The van der Waals surface area contributed by atoms with E-state index in [1.54, 1.807) is 18.9 Å². The van der Waals surface area contributed by atoms with Crippen LogP contribution in [0.1, 0.15) is 26.3 Å². The van der Waals surface area contributed by atoms with Gasteiger partial charge in [0.1, 0.15) is 17.5 Å². The summed E-state index contributed by atoms with van der Waals surface area (Å²) in [5.74, 6) is 1.20. The molecule has 0 aliphatic rings. The molecular weight excluding hydrogens is 416 g/mol. The van der Waals surface area contributed by atoms with Crippen LogP contribution in [0.3, 0.4) is 0 Å². The van der Waals surface area contributed by atoms with Crippen molar-refractivity contribution in [2.24, 2.45) is 5.92 Å². The molecule has 1 N–H and O–H groups in total. The summed E-state index contributed by atoms with van der Waals surface area (Å²) >= 11 is 0. The molecule has 0 fully saturated rings. The Morgan fingerprint density at radius 3 is 2.45 bits per heavy atom. The van der Waals surface area contributed by atoms with Crippen LogP contribution in [-0.4, -0.2) is 43.0 Å². The Labute approximate surface area is 195 Å². The number of ether oxygens (including phenoxy) is 2. The zero-order chi connectivity index (χ0) is 23.8. The predicted octanol–water partition coefficient (Wildman–Crippen LogP) is 4.42. The fourth-order valence-electron chi connectivity index (χ4n) is 3.55. The van der Waals surface area contributed by atoms with Gasteiger partial charge in [0.05, 0.1) is 7.11 Å². The zero-order valence-corrected chi connectivity index (χ0v) is 19.7. The Morgan fingerprint density at radius 2 is 1.70 bits per heavy atom. The van der Waals surface area contributed by atoms with Crippen LogP contribution in [0.15, 0.2) is 66.7 Å². The lowest BCUT2D eigenvalue weighted by Gasteiger charge is -2.29. The number of carbonyl (C=O) groups excluding carboxylic acids is 2. The van der Waals surface area contributed by atoms with Crippen LogP contribution in [0, 0.1) is 5.92 Å². The predicted molar refractivity (Wildman–Crippen MR) is 130 cm³/mol. The summed E-state index contributed by atoms with van der Waals surface area (Å²) in [5, 5.41) is 4.90. The van der Waals surface area contributed by atoms with Gasteiger partial charge in [0.15, 0.2) is 6.61 Å². The molecule has 0 saturated heterocycles. The van der Waals surface area contributed by atoms with E-state index in [0.29, 0.717) is 24.0 Å². The second-order valence-electron chi connectivity index (χ2n) is 8.45. The van der Waals surface area contributed by atoms with E-state index < -0.39 is 6.04 Å². The molecule has 0 radical (unpaired) electrons. The molecule has 0 unspecified atom stereocenters. The first-order valence-electron chi connectivity index (χ1n) is 11.2. The van der Waals surface area contributed by atoms with E-state index in [-0.39, 0.29) is 25.0 Å². The van der Waals surface area contributed by atoms with E-state index in [9.17, 15) is 9.59 Å². The van der Waals surface area contributed by atoms with Crippen molar-refractivity contribution in [1.82, 2.24) is 10.2 Å². The van der Waals surface area contributed by atoms with Crippen LogP contribution in [0.2, 0.25) is 0 Å². The number of nitrogens with one attached hydrogen (secondary N) is 1. The van der Waals surface area contributed by atoms with Crippen molar-refractivity contribution in [3.05, 3.63) is 72.3 Å².